The number of nitrogens with zero attached hydrogens (tertiary/aromatic N) is 5. The van der Waals surface area contributed by atoms with Crippen LogP contribution in [-0.2, 0) is 4.74 Å². The Labute approximate surface area is 321 Å². The second-order valence-corrected chi connectivity index (χ2v) is 22.6. The summed E-state index contributed by atoms with van der Waals surface area (Å²) in [5, 5.41) is 1.28. The first kappa shape index (κ1) is 37.9. The molecule has 0 unspecified atom stereocenters. The minimum Gasteiger partial charge on any atom is -0.461 e. The van der Waals surface area contributed by atoms with Gasteiger partial charge in [0.05, 0.1) is 35.7 Å². The number of nitrogens with two attached hydrogens (primary N) is 1. The minimum atomic E-state index is -2.28. The van der Waals surface area contributed by atoms with Gasteiger partial charge in [-0.3, -0.25) is 9.88 Å². The zero-order chi connectivity index (χ0) is 39.0. The summed E-state index contributed by atoms with van der Waals surface area (Å²) in [6.45, 7) is 15.4. The van der Waals surface area contributed by atoms with Crippen LogP contribution in [0.25, 0.3) is 32.9 Å². The fourth-order valence-corrected chi connectivity index (χ4v) is 15.4. The van der Waals surface area contributed by atoms with Gasteiger partial charge in [0.25, 0.3) is 0 Å². The maximum absolute atomic E-state index is 17.4. The Kier molecular flexibility index (Phi) is 9.78. The maximum atomic E-state index is 17.4. The number of hydrogen-bond acceptors (Lipinski definition) is 8. The van der Waals surface area contributed by atoms with E-state index in [1.165, 1.54) is 12.3 Å². The lowest BCUT2D eigenvalue weighted by atomic mass is 9.95. The van der Waals surface area contributed by atoms with Crippen molar-refractivity contribution in [1.82, 2.24) is 19.9 Å². The van der Waals surface area contributed by atoms with E-state index < -0.39 is 43.6 Å². The van der Waals surface area contributed by atoms with Gasteiger partial charge in [-0.05, 0) is 59.6 Å². The summed E-state index contributed by atoms with van der Waals surface area (Å²) in [6.07, 6.45) is 1.43. The monoisotopic (exact) mass is 774 g/mol. The van der Waals surface area contributed by atoms with Crippen molar-refractivity contribution < 1.29 is 27.0 Å². The number of rotatable bonds is 8. The first-order valence-electron chi connectivity index (χ1n) is 19.7. The standard InChI is InChI=1S/C42H50F4N6O2Si/c1-23(2)55(24(3)4,25(5)6)15-10-29-33(44)9-8-26-16-28(47)17-30(34(26)29)37-36(46)38-31(19-48-37)40(52-13-14-53-21-32-35(45)39(32)52)50-41(49-38)54-22-42-11-7-12-51(42)20-27(43)18-42/h8-9,16-17,19,23-25,27,32,35,39H,7,11-14,18,20-22,47H2,1-6H3/t27-,32+,35+,39+,42+/m1/s1. The molecule has 3 saturated heterocycles. The minimum absolute atomic E-state index is 0.0798. The predicted molar refractivity (Wildman–Crippen MR) is 211 cm³/mol. The summed E-state index contributed by atoms with van der Waals surface area (Å²) < 4.78 is 75.2. The Balaban J connectivity index is 1.30. The molecule has 5 atom stereocenters. The quantitative estimate of drug-likeness (QED) is 0.0827. The lowest BCUT2D eigenvalue weighted by molar-refractivity contribution is 0.107. The third kappa shape index (κ3) is 6.32. The number of hydrogen-bond donors (Lipinski definition) is 1. The second kappa shape index (κ2) is 14.2. The van der Waals surface area contributed by atoms with E-state index in [1.807, 2.05) is 0 Å². The third-order valence-electron chi connectivity index (χ3n) is 12.9. The fourth-order valence-electron chi connectivity index (χ4n) is 10.2. The number of halogens is 4. The van der Waals surface area contributed by atoms with Crippen LogP contribution in [-0.4, -0.2) is 91.3 Å². The van der Waals surface area contributed by atoms with Crippen LogP contribution in [0.2, 0.25) is 16.6 Å². The first-order chi connectivity index (χ1) is 26.3. The summed E-state index contributed by atoms with van der Waals surface area (Å²) >= 11 is 0. The van der Waals surface area contributed by atoms with E-state index in [1.54, 1.807) is 23.1 Å². The number of nitrogen functional groups attached to an aromatic ring is 1. The number of anilines is 2. The van der Waals surface area contributed by atoms with Crippen molar-refractivity contribution in [2.45, 2.75) is 101 Å². The van der Waals surface area contributed by atoms with Gasteiger partial charge in [0, 0.05) is 48.3 Å². The Hall–Kier alpha value is -3.99. The Bertz CT molecular complexity index is 2190. The topological polar surface area (TPSA) is 89.6 Å². The highest BCUT2D eigenvalue weighted by Gasteiger charge is 2.56. The van der Waals surface area contributed by atoms with Crippen LogP contribution < -0.4 is 15.4 Å². The average molecular weight is 775 g/mol. The molecule has 2 N–H and O–H groups in total. The normalized spacial score (nSPS) is 25.4. The zero-order valence-electron chi connectivity index (χ0n) is 32.4. The van der Waals surface area contributed by atoms with E-state index in [9.17, 15) is 4.39 Å². The van der Waals surface area contributed by atoms with Crippen molar-refractivity contribution in [3.63, 3.8) is 0 Å². The van der Waals surface area contributed by atoms with Gasteiger partial charge in [-0.1, -0.05) is 53.5 Å². The Morgan fingerprint density at radius 3 is 2.56 bits per heavy atom. The summed E-state index contributed by atoms with van der Waals surface area (Å²) in [4.78, 5) is 18.0. The highest BCUT2D eigenvalue weighted by molar-refractivity contribution is 6.90. The highest BCUT2D eigenvalue weighted by Crippen LogP contribution is 2.46. The van der Waals surface area contributed by atoms with Gasteiger partial charge < -0.3 is 20.1 Å². The number of ether oxygens (including phenoxy) is 2. The van der Waals surface area contributed by atoms with E-state index in [0.717, 1.165) is 19.4 Å². The van der Waals surface area contributed by atoms with Crippen LogP contribution in [0, 0.1) is 29.0 Å². The number of aromatic nitrogens is 3. The Morgan fingerprint density at radius 1 is 1.05 bits per heavy atom. The van der Waals surface area contributed by atoms with Crippen molar-refractivity contribution in [2.75, 3.05) is 50.1 Å². The lowest BCUT2D eigenvalue weighted by Crippen LogP contribution is -2.43. The molecule has 1 aliphatic carbocycles. The molecule has 4 fully saturated rings. The van der Waals surface area contributed by atoms with Crippen LogP contribution in [0.5, 0.6) is 6.01 Å². The summed E-state index contributed by atoms with van der Waals surface area (Å²) in [5.41, 5.74) is 11.1. The number of pyridine rings is 1. The third-order valence-corrected chi connectivity index (χ3v) is 19.2. The molecule has 0 radical (unpaired) electrons. The first-order valence-corrected chi connectivity index (χ1v) is 21.9. The molecule has 3 aliphatic heterocycles. The second-order valence-electron chi connectivity index (χ2n) is 17.0. The van der Waals surface area contributed by atoms with Crippen LogP contribution in [0.1, 0.15) is 66.4 Å². The molecule has 4 aliphatic rings. The molecule has 4 aromatic rings. The molecule has 5 heterocycles. The Morgan fingerprint density at radius 2 is 1.82 bits per heavy atom. The highest BCUT2D eigenvalue weighted by atomic mass is 28.3. The molecule has 0 amide bonds. The van der Waals surface area contributed by atoms with Crippen LogP contribution in [0.4, 0.5) is 29.1 Å². The van der Waals surface area contributed by atoms with Crippen LogP contribution >= 0.6 is 0 Å². The van der Waals surface area contributed by atoms with Crippen molar-refractivity contribution in [1.29, 1.82) is 0 Å². The predicted octanol–water partition coefficient (Wildman–Crippen LogP) is 8.40. The van der Waals surface area contributed by atoms with E-state index in [0.29, 0.717) is 65.0 Å². The van der Waals surface area contributed by atoms with Crippen molar-refractivity contribution in [2.24, 2.45) is 5.92 Å². The molecule has 0 bridgehead atoms. The van der Waals surface area contributed by atoms with E-state index in [2.05, 4.69) is 67.9 Å². The molecule has 1 saturated carbocycles. The molecular weight excluding hydrogens is 725 g/mol. The molecule has 8 rings (SSSR count). The van der Waals surface area contributed by atoms with Gasteiger partial charge in [0.15, 0.2) is 5.82 Å². The van der Waals surface area contributed by atoms with Gasteiger partial charge >= 0.3 is 6.01 Å². The molecular formula is C42H50F4N6O2Si. The van der Waals surface area contributed by atoms with Gasteiger partial charge in [0.1, 0.15) is 49.9 Å². The molecule has 0 spiro atoms. The molecule has 2 aromatic carbocycles. The number of benzene rings is 2. The van der Waals surface area contributed by atoms with Crippen molar-refractivity contribution in [3.05, 3.63) is 47.7 Å². The fraction of sp³-hybridized carbons (Fsp3) is 0.548. The maximum Gasteiger partial charge on any atom is 0.319 e. The summed E-state index contributed by atoms with van der Waals surface area (Å²) in [5.74, 6) is 1.95. The van der Waals surface area contributed by atoms with Gasteiger partial charge in [-0.25, -0.2) is 17.6 Å². The van der Waals surface area contributed by atoms with Crippen LogP contribution in [0.15, 0.2) is 30.5 Å². The van der Waals surface area contributed by atoms with E-state index in [4.69, 9.17) is 20.2 Å². The van der Waals surface area contributed by atoms with Gasteiger partial charge in [0.2, 0.25) is 0 Å². The molecule has 8 nitrogen and oxygen atoms in total. The smallest absolute Gasteiger partial charge is 0.319 e. The molecule has 292 valence electrons. The molecule has 55 heavy (non-hydrogen) atoms. The van der Waals surface area contributed by atoms with Gasteiger partial charge in [-0.2, -0.15) is 9.97 Å². The molecule has 13 heteroatoms. The van der Waals surface area contributed by atoms with Crippen LogP contribution in [0.3, 0.4) is 0 Å². The van der Waals surface area contributed by atoms with E-state index >= 15 is 13.2 Å². The molecule has 2 aromatic heterocycles. The lowest BCUT2D eigenvalue weighted by Gasteiger charge is -2.38. The average Bonchev–Trinajstić information content (AvgIpc) is 3.54. The summed E-state index contributed by atoms with van der Waals surface area (Å²) in [7, 11) is -2.28. The largest absolute Gasteiger partial charge is 0.461 e. The SMILES string of the molecule is CC(C)[Si](C#Cc1c(F)ccc2cc(N)cc(-c3ncc4c(N5CCOC[C@H]6[C@H](F)[C@H]65)nc(OC[C@@]56CCCN5C[C@H](F)C6)nc4c3F)c12)(C(C)C)C(C)C. The van der Waals surface area contributed by atoms with Crippen molar-refractivity contribution in [3.8, 4) is 28.7 Å². The van der Waals surface area contributed by atoms with Gasteiger partial charge in [-0.15, -0.1) is 5.54 Å². The van der Waals surface area contributed by atoms with Crippen molar-refractivity contribution >= 4 is 41.3 Å². The number of alkyl halides is 2. The summed E-state index contributed by atoms with van der Waals surface area (Å²) in [6, 6.07) is 5.73. The zero-order valence-corrected chi connectivity index (χ0v) is 33.4. The number of fused-ring (bicyclic) bond motifs is 4. The van der Waals surface area contributed by atoms with E-state index in [-0.39, 0.29) is 52.9 Å².